The fourth-order valence-electron chi connectivity index (χ4n) is 1.54. The largest absolute Gasteiger partial charge is 0.468 e. The third kappa shape index (κ3) is 1.80. The molecule has 0 spiro atoms. The summed E-state index contributed by atoms with van der Waals surface area (Å²) in [6.45, 7) is 0.735. The lowest BCUT2D eigenvalue weighted by Gasteiger charge is -2.43. The zero-order valence-electron chi connectivity index (χ0n) is 7.12. The molecule has 3 aliphatic rings. The smallest absolute Gasteiger partial charge is 0.422 e. The molecule has 3 saturated heterocycles. The van der Waals surface area contributed by atoms with E-state index in [1.54, 1.807) is 0 Å². The summed E-state index contributed by atoms with van der Waals surface area (Å²) in [4.78, 5) is 0.886. The van der Waals surface area contributed by atoms with Crippen molar-refractivity contribution in [3.63, 3.8) is 0 Å². The molecule has 0 unspecified atom stereocenters. The molecule has 3 rings (SSSR count). The standard InChI is InChI=1S/C4H15NO3Si4/c5-2-1-3-12-6-9-4(10-7-12)11-8-12/h4H,1-3,5,9-11H2. The molecule has 0 aromatic carbocycles. The van der Waals surface area contributed by atoms with E-state index < -0.39 is 8.80 Å². The Labute approximate surface area is 80.3 Å². The van der Waals surface area contributed by atoms with Crippen LogP contribution in [0.4, 0.5) is 0 Å². The highest BCUT2D eigenvalue weighted by Crippen LogP contribution is 2.29. The van der Waals surface area contributed by atoms with Gasteiger partial charge in [-0.05, 0) is 17.8 Å². The SMILES string of the molecule is NCCC[Si]12O[SiH2]C([SiH2]O1)[SiH2]O2. The van der Waals surface area contributed by atoms with Crippen LogP contribution in [0.5, 0.6) is 0 Å². The van der Waals surface area contributed by atoms with Crippen LogP contribution in [0.2, 0.25) is 10.8 Å². The van der Waals surface area contributed by atoms with Crippen LogP contribution in [0.1, 0.15) is 6.42 Å². The van der Waals surface area contributed by atoms with Crippen LogP contribution in [-0.2, 0) is 12.3 Å². The number of hydrogen-bond acceptors (Lipinski definition) is 4. The Morgan fingerprint density at radius 2 is 1.75 bits per heavy atom. The molecule has 2 N–H and O–H groups in total. The van der Waals surface area contributed by atoms with Gasteiger partial charge in [0.1, 0.15) is 0 Å². The second-order valence-corrected chi connectivity index (χ2v) is 16.6. The summed E-state index contributed by atoms with van der Waals surface area (Å²) in [7, 11) is -2.66. The Bertz CT molecular complexity index is 149. The van der Waals surface area contributed by atoms with E-state index in [2.05, 4.69) is 0 Å². The maximum absolute atomic E-state index is 5.81. The van der Waals surface area contributed by atoms with Crippen molar-refractivity contribution in [1.29, 1.82) is 0 Å². The predicted octanol–water partition coefficient (Wildman–Crippen LogP) is -2.69. The molecule has 0 saturated carbocycles. The lowest BCUT2D eigenvalue weighted by Crippen LogP contribution is -2.60. The first kappa shape index (κ1) is 9.27. The minimum Gasteiger partial charge on any atom is -0.422 e. The summed E-state index contributed by atoms with van der Waals surface area (Å²) < 4.78 is 17.4. The maximum Gasteiger partial charge on any atom is 0.468 e. The number of nitrogens with two attached hydrogens (primary N) is 1. The van der Waals surface area contributed by atoms with Crippen molar-refractivity contribution < 1.29 is 12.3 Å². The number of rotatable bonds is 3. The monoisotopic (exact) mass is 237 g/mol. The molecule has 4 nitrogen and oxygen atoms in total. The van der Waals surface area contributed by atoms with E-state index in [1.807, 2.05) is 0 Å². The highest BCUT2D eigenvalue weighted by molar-refractivity contribution is 6.89. The van der Waals surface area contributed by atoms with Gasteiger partial charge in [-0.1, -0.05) is 0 Å². The Morgan fingerprint density at radius 3 is 2.25 bits per heavy atom. The molecular formula is C4H15NO3Si4. The van der Waals surface area contributed by atoms with Gasteiger partial charge in [-0.25, -0.2) is 0 Å². The van der Waals surface area contributed by atoms with Gasteiger partial charge in [-0.15, -0.1) is 0 Å². The molecule has 0 radical (unpaired) electrons. The summed E-state index contributed by atoms with van der Waals surface area (Å²) >= 11 is 0. The fraction of sp³-hybridized carbons (Fsp3) is 1.00. The maximum atomic E-state index is 5.81. The Kier molecular flexibility index (Phi) is 2.96. The minimum absolute atomic E-state index is 0.218. The van der Waals surface area contributed by atoms with Gasteiger partial charge >= 0.3 is 8.80 Å². The molecule has 70 valence electrons. The van der Waals surface area contributed by atoms with Gasteiger partial charge in [0, 0.05) is 6.04 Å². The normalized spacial score (nSPS) is 46.2. The molecule has 0 amide bonds. The van der Waals surface area contributed by atoms with Gasteiger partial charge in [-0.2, -0.15) is 0 Å². The second kappa shape index (κ2) is 3.84. The molecule has 0 aliphatic carbocycles. The molecular weight excluding hydrogens is 222 g/mol. The summed E-state index contributed by atoms with van der Waals surface area (Å²) in [5, 5.41) is 0. The van der Waals surface area contributed by atoms with Crippen molar-refractivity contribution in [2.24, 2.45) is 5.73 Å². The average molecular weight is 238 g/mol. The van der Waals surface area contributed by atoms with E-state index in [9.17, 15) is 0 Å². The fourth-order valence-corrected chi connectivity index (χ4v) is 20.6. The summed E-state index contributed by atoms with van der Waals surface area (Å²) in [6.07, 6.45) is 1.01. The molecule has 3 fully saturated rings. The molecule has 2 bridgehead atoms. The lowest BCUT2D eigenvalue weighted by molar-refractivity contribution is 0.250. The molecule has 0 aromatic rings. The Balaban J connectivity index is 1.90. The van der Waals surface area contributed by atoms with Crippen LogP contribution in [0, 0.1) is 0 Å². The molecule has 3 aliphatic heterocycles. The first-order chi connectivity index (χ1) is 5.85. The third-order valence-corrected chi connectivity index (χ3v) is 16.2. The zero-order chi connectivity index (χ0) is 8.44. The van der Waals surface area contributed by atoms with Crippen LogP contribution < -0.4 is 5.73 Å². The third-order valence-electron chi connectivity index (χ3n) is 2.30. The van der Waals surface area contributed by atoms with Crippen LogP contribution >= 0.6 is 0 Å². The van der Waals surface area contributed by atoms with Crippen molar-refractivity contribution in [3.05, 3.63) is 0 Å². The summed E-state index contributed by atoms with van der Waals surface area (Å²) in [5.74, 6) is 0. The second-order valence-electron chi connectivity index (χ2n) is 3.37. The number of fused-ring (bicyclic) bond motifs is 3. The van der Waals surface area contributed by atoms with Crippen LogP contribution in [0.3, 0.4) is 0 Å². The van der Waals surface area contributed by atoms with Crippen LogP contribution in [0.25, 0.3) is 0 Å². The molecule has 3 heterocycles. The average Bonchev–Trinajstić information content (AvgIpc) is 2.18. The van der Waals surface area contributed by atoms with Gasteiger partial charge in [0.05, 0.1) is 0 Å². The first-order valence-corrected chi connectivity index (χ1v) is 10.6. The van der Waals surface area contributed by atoms with E-state index in [4.69, 9.17) is 18.1 Å². The van der Waals surface area contributed by atoms with Crippen LogP contribution in [-0.4, -0.2) is 44.6 Å². The quantitative estimate of drug-likeness (QED) is 0.543. The number of hydrogen-bond donors (Lipinski definition) is 1. The van der Waals surface area contributed by atoms with Crippen LogP contribution in [0.15, 0.2) is 0 Å². The van der Waals surface area contributed by atoms with E-state index in [1.165, 1.54) is 0 Å². The van der Waals surface area contributed by atoms with Crippen molar-refractivity contribution in [1.82, 2.24) is 0 Å². The van der Waals surface area contributed by atoms with Gasteiger partial charge in [0.25, 0.3) is 0 Å². The van der Waals surface area contributed by atoms with E-state index >= 15 is 0 Å². The highest BCUT2D eigenvalue weighted by Gasteiger charge is 2.48. The van der Waals surface area contributed by atoms with E-state index in [-0.39, 0.29) is 29.3 Å². The van der Waals surface area contributed by atoms with Gasteiger partial charge in [-0.3, -0.25) is 0 Å². The molecule has 12 heavy (non-hydrogen) atoms. The first-order valence-electron chi connectivity index (χ1n) is 4.46. The molecule has 0 atom stereocenters. The van der Waals surface area contributed by atoms with Crippen molar-refractivity contribution in [2.45, 2.75) is 17.3 Å². The molecule has 8 heteroatoms. The van der Waals surface area contributed by atoms with Crippen molar-refractivity contribution in [3.8, 4) is 0 Å². The zero-order valence-corrected chi connectivity index (χ0v) is 12.4. The molecule has 0 aromatic heterocycles. The highest BCUT2D eigenvalue weighted by atomic mass is 28.5. The minimum atomic E-state index is -2.01. The van der Waals surface area contributed by atoms with Gasteiger partial charge in [0.15, 0.2) is 29.3 Å². The topological polar surface area (TPSA) is 53.7 Å². The Morgan fingerprint density at radius 1 is 1.17 bits per heavy atom. The van der Waals surface area contributed by atoms with E-state index in [0.29, 0.717) is 0 Å². The van der Waals surface area contributed by atoms with Gasteiger partial charge < -0.3 is 18.1 Å². The predicted molar refractivity (Wildman–Crippen MR) is 56.9 cm³/mol. The summed E-state index contributed by atoms with van der Waals surface area (Å²) in [5.41, 5.74) is 5.46. The Hall–Kier alpha value is 0.708. The van der Waals surface area contributed by atoms with E-state index in [0.717, 1.165) is 23.8 Å². The van der Waals surface area contributed by atoms with Crippen molar-refractivity contribution in [2.75, 3.05) is 6.54 Å². The summed E-state index contributed by atoms with van der Waals surface area (Å²) in [6, 6.07) is 0.989. The lowest BCUT2D eigenvalue weighted by atomic mass is 10.5. The van der Waals surface area contributed by atoms with Crippen molar-refractivity contribution >= 4 is 38.1 Å². The van der Waals surface area contributed by atoms with Gasteiger partial charge in [0.2, 0.25) is 0 Å².